The molecule has 1 aromatic heterocycles. The molecular formula is C26H27N3O3. The Bertz CT molecular complexity index is 1030. The van der Waals surface area contributed by atoms with E-state index in [1.165, 1.54) is 0 Å². The lowest BCUT2D eigenvalue weighted by atomic mass is 9.99. The van der Waals surface area contributed by atoms with Gasteiger partial charge in [-0.05, 0) is 42.5 Å². The zero-order valence-electron chi connectivity index (χ0n) is 17.9. The summed E-state index contributed by atoms with van der Waals surface area (Å²) in [6.45, 7) is 1.40. The van der Waals surface area contributed by atoms with E-state index in [9.17, 15) is 9.59 Å². The highest BCUT2D eigenvalue weighted by atomic mass is 16.5. The largest absolute Gasteiger partial charge is 0.452 e. The summed E-state index contributed by atoms with van der Waals surface area (Å²) in [5, 5.41) is 3.02. The molecule has 2 heterocycles. The van der Waals surface area contributed by atoms with Gasteiger partial charge < -0.3 is 15.0 Å². The van der Waals surface area contributed by atoms with Crippen LogP contribution >= 0.6 is 0 Å². The van der Waals surface area contributed by atoms with Crippen molar-refractivity contribution in [3.63, 3.8) is 0 Å². The highest BCUT2D eigenvalue weighted by Crippen LogP contribution is 2.23. The number of nitrogens with one attached hydrogen (secondary N) is 1. The minimum Gasteiger partial charge on any atom is -0.452 e. The van der Waals surface area contributed by atoms with Gasteiger partial charge in [-0.3, -0.25) is 4.79 Å². The van der Waals surface area contributed by atoms with E-state index < -0.39 is 5.97 Å². The number of carbonyl (C=O) groups excluding carboxylic acids is 2. The van der Waals surface area contributed by atoms with Crippen LogP contribution in [0.3, 0.4) is 0 Å². The average Bonchev–Trinajstić information content (AvgIpc) is 3.38. The summed E-state index contributed by atoms with van der Waals surface area (Å²) in [6.07, 6.45) is 4.48. The Hall–Kier alpha value is -3.67. The summed E-state index contributed by atoms with van der Waals surface area (Å²) >= 11 is 0. The second-order valence-corrected chi connectivity index (χ2v) is 7.87. The molecule has 32 heavy (non-hydrogen) atoms. The van der Waals surface area contributed by atoms with Gasteiger partial charge in [0, 0.05) is 19.3 Å². The van der Waals surface area contributed by atoms with Gasteiger partial charge in [0.1, 0.15) is 11.4 Å². The quantitative estimate of drug-likeness (QED) is 0.549. The molecule has 1 saturated heterocycles. The van der Waals surface area contributed by atoms with Crippen LogP contribution in [0.2, 0.25) is 0 Å². The molecule has 1 unspecified atom stereocenters. The molecule has 4 rings (SSSR count). The molecular weight excluding hydrogens is 402 g/mol. The Morgan fingerprint density at radius 1 is 0.938 bits per heavy atom. The van der Waals surface area contributed by atoms with Gasteiger partial charge in [-0.15, -0.1) is 0 Å². The van der Waals surface area contributed by atoms with E-state index in [0.717, 1.165) is 37.1 Å². The van der Waals surface area contributed by atoms with Crippen molar-refractivity contribution in [1.29, 1.82) is 0 Å². The number of ether oxygens (including phenoxy) is 1. The van der Waals surface area contributed by atoms with Gasteiger partial charge in [-0.1, -0.05) is 60.7 Å². The Balaban J connectivity index is 1.40. The van der Waals surface area contributed by atoms with Crippen LogP contribution in [-0.4, -0.2) is 36.6 Å². The van der Waals surface area contributed by atoms with Crippen molar-refractivity contribution < 1.29 is 14.3 Å². The Labute approximate surface area is 188 Å². The van der Waals surface area contributed by atoms with Gasteiger partial charge in [-0.25, -0.2) is 9.78 Å². The van der Waals surface area contributed by atoms with E-state index >= 15 is 0 Å². The van der Waals surface area contributed by atoms with Crippen LogP contribution in [0, 0.1) is 0 Å². The monoisotopic (exact) mass is 429 g/mol. The molecule has 0 saturated carbocycles. The van der Waals surface area contributed by atoms with E-state index in [2.05, 4.69) is 15.2 Å². The summed E-state index contributed by atoms with van der Waals surface area (Å²) in [5.41, 5.74) is 2.51. The zero-order valence-corrected chi connectivity index (χ0v) is 17.9. The molecule has 1 amide bonds. The average molecular weight is 430 g/mol. The minimum atomic E-state index is -0.533. The van der Waals surface area contributed by atoms with Crippen molar-refractivity contribution in [2.24, 2.45) is 0 Å². The van der Waals surface area contributed by atoms with E-state index in [4.69, 9.17) is 4.74 Å². The van der Waals surface area contributed by atoms with E-state index in [1.807, 2.05) is 60.7 Å². The highest BCUT2D eigenvalue weighted by molar-refractivity contribution is 5.96. The third kappa shape index (κ3) is 5.52. The summed E-state index contributed by atoms with van der Waals surface area (Å²) in [7, 11) is 0. The molecule has 2 aromatic carbocycles. The lowest BCUT2D eigenvalue weighted by molar-refractivity contribution is -0.125. The Morgan fingerprint density at radius 3 is 2.34 bits per heavy atom. The van der Waals surface area contributed by atoms with Gasteiger partial charge in [0.2, 0.25) is 0 Å². The maximum Gasteiger partial charge on any atom is 0.342 e. The van der Waals surface area contributed by atoms with Gasteiger partial charge in [0.25, 0.3) is 5.91 Å². The second kappa shape index (κ2) is 10.6. The van der Waals surface area contributed by atoms with Crippen molar-refractivity contribution in [2.75, 3.05) is 24.6 Å². The lowest BCUT2D eigenvalue weighted by Crippen LogP contribution is -2.33. The number of nitrogens with zero attached hydrogens (tertiary/aromatic N) is 2. The van der Waals surface area contributed by atoms with Crippen molar-refractivity contribution >= 4 is 17.7 Å². The zero-order chi connectivity index (χ0) is 22.2. The SMILES string of the molecule is O=C(COC(=O)c1cccnc1N1CCCC1)NC(Cc1ccccc1)c1ccccc1. The third-order valence-electron chi connectivity index (χ3n) is 5.57. The number of carbonyl (C=O) groups is 2. The minimum absolute atomic E-state index is 0.219. The molecule has 1 fully saturated rings. The first-order chi connectivity index (χ1) is 15.7. The smallest absolute Gasteiger partial charge is 0.342 e. The van der Waals surface area contributed by atoms with Crippen molar-refractivity contribution in [2.45, 2.75) is 25.3 Å². The molecule has 164 valence electrons. The topological polar surface area (TPSA) is 71.5 Å². The summed E-state index contributed by atoms with van der Waals surface area (Å²) in [4.78, 5) is 31.8. The van der Waals surface area contributed by atoms with Crippen LogP contribution in [0.15, 0.2) is 79.0 Å². The molecule has 6 heteroatoms. The number of aromatic nitrogens is 1. The van der Waals surface area contributed by atoms with Gasteiger partial charge in [-0.2, -0.15) is 0 Å². The number of rotatable bonds is 8. The number of amides is 1. The van der Waals surface area contributed by atoms with Gasteiger partial charge >= 0.3 is 5.97 Å². The predicted molar refractivity (Wildman–Crippen MR) is 123 cm³/mol. The molecule has 1 aliphatic rings. The van der Waals surface area contributed by atoms with E-state index in [0.29, 0.717) is 17.8 Å². The molecule has 1 aliphatic heterocycles. The molecule has 0 aliphatic carbocycles. The standard InChI is InChI=1S/C26H27N3O3/c30-24(19-32-26(31)22-14-9-15-27-25(22)29-16-7-8-17-29)28-23(21-12-5-2-6-13-21)18-20-10-3-1-4-11-20/h1-6,9-15,23H,7-8,16-19H2,(H,28,30). The highest BCUT2D eigenvalue weighted by Gasteiger charge is 2.22. The second-order valence-electron chi connectivity index (χ2n) is 7.87. The molecule has 3 aromatic rings. The fraction of sp³-hybridized carbons (Fsp3) is 0.269. The number of anilines is 1. The number of pyridine rings is 1. The van der Waals surface area contributed by atoms with Crippen molar-refractivity contribution in [1.82, 2.24) is 10.3 Å². The van der Waals surface area contributed by atoms with Crippen molar-refractivity contribution in [3.05, 3.63) is 95.7 Å². The van der Waals surface area contributed by atoms with E-state index in [-0.39, 0.29) is 18.6 Å². The summed E-state index contributed by atoms with van der Waals surface area (Å²) in [5.74, 6) is -0.245. The van der Waals surface area contributed by atoms with Crippen LogP contribution in [0.1, 0.15) is 40.4 Å². The Kier molecular flexibility index (Phi) is 7.12. The maximum absolute atomic E-state index is 12.7. The fourth-order valence-corrected chi connectivity index (χ4v) is 3.97. The van der Waals surface area contributed by atoms with Crippen LogP contribution in [0.25, 0.3) is 0 Å². The number of benzene rings is 2. The van der Waals surface area contributed by atoms with Crippen molar-refractivity contribution in [3.8, 4) is 0 Å². The fourth-order valence-electron chi connectivity index (χ4n) is 3.97. The number of hydrogen-bond acceptors (Lipinski definition) is 5. The first kappa shape index (κ1) is 21.6. The van der Waals surface area contributed by atoms with Gasteiger partial charge in [0.15, 0.2) is 6.61 Å². The molecule has 6 nitrogen and oxygen atoms in total. The summed E-state index contributed by atoms with van der Waals surface area (Å²) < 4.78 is 5.36. The number of esters is 1. The first-order valence-corrected chi connectivity index (χ1v) is 11.0. The van der Waals surface area contributed by atoms with Gasteiger partial charge in [0.05, 0.1) is 6.04 Å². The van der Waals surface area contributed by atoms with Crippen LogP contribution < -0.4 is 10.2 Å². The molecule has 1 atom stereocenters. The van der Waals surface area contributed by atoms with Crippen LogP contribution in [0.4, 0.5) is 5.82 Å². The lowest BCUT2D eigenvalue weighted by Gasteiger charge is -2.20. The molecule has 0 spiro atoms. The Morgan fingerprint density at radius 2 is 1.62 bits per heavy atom. The third-order valence-corrected chi connectivity index (χ3v) is 5.57. The molecule has 0 bridgehead atoms. The molecule has 0 radical (unpaired) electrons. The number of hydrogen-bond donors (Lipinski definition) is 1. The van der Waals surface area contributed by atoms with Crippen LogP contribution in [0.5, 0.6) is 0 Å². The normalized spacial score (nSPS) is 14.1. The first-order valence-electron chi connectivity index (χ1n) is 11.0. The summed E-state index contributed by atoms with van der Waals surface area (Å²) in [6, 6.07) is 23.0. The van der Waals surface area contributed by atoms with E-state index in [1.54, 1.807) is 18.3 Å². The molecule has 1 N–H and O–H groups in total. The maximum atomic E-state index is 12.7. The predicted octanol–water partition coefficient (Wildman–Crippen LogP) is 3.94. The van der Waals surface area contributed by atoms with Crippen LogP contribution in [-0.2, 0) is 16.0 Å².